The number of aromatic nitrogens is 1. The number of amides is 15. The molecule has 0 radical (unpaired) electrons. The number of hydrogen-bond acceptors (Lipinski definition) is 20. The van der Waals surface area contributed by atoms with Gasteiger partial charge in [-0.1, -0.05) is 114 Å². The van der Waals surface area contributed by atoms with E-state index in [4.69, 9.17) is 34.4 Å². The van der Waals surface area contributed by atoms with Gasteiger partial charge in [0.25, 0.3) is 0 Å². The molecule has 2 aromatic rings. The Morgan fingerprint density at radius 3 is 1.37 bits per heavy atom. The largest absolute Gasteiger partial charge is 0.480 e. The standard InChI is InChI=1S/C77H131N21O18/c1-15-42(11)61(95-59(102)37-86-66(105)55(35-46-36-85-49-23-18-17-22-47(46)49)93-72(111)60(41(9)10)96-75(114)63(45(14)99)98-65(104)48(79)32-38(3)4)73(112)91-50(24-19-20-30-78)68(107)89-53(27-29-58(81)101)69(108)92-54(33-39(5)6)71(110)90-52(26-28-57(80)100)67(106)87-44(13)64(103)88-51(25-21-31-84-77(82)83)70(109)97-62(43(12)16-2)74(113)94-56(76(115)116)34-40(7)8/h17-18,22-23,36,38-45,48,50-56,60-63,85,99H,15-16,19-21,24-35,37,78-79H2,1-14H3,(H2,80,100)(H2,81,101)(H,86,105)(H,87,106)(H,88,103)(H,89,107)(H,90,110)(H,91,112)(H,92,108)(H,93,111)(H,94,113)(H,95,102)(H,96,114)(H,97,109)(H,98,104)(H,115,116)(H4,82,83,84)/t42-,43-,44-,45+,48-,50-,51-,52-,53-,54-,55-,56-,60-,61-,62-,63-/m0/s1. The highest BCUT2D eigenvalue weighted by molar-refractivity contribution is 6.00. The second kappa shape index (κ2) is 51.4. The first-order valence-corrected chi connectivity index (χ1v) is 39.8. The lowest BCUT2D eigenvalue weighted by molar-refractivity contribution is -0.143. The van der Waals surface area contributed by atoms with Gasteiger partial charge in [0, 0.05) is 42.9 Å². The third-order valence-electron chi connectivity index (χ3n) is 19.3. The van der Waals surface area contributed by atoms with Crippen LogP contribution in [0.5, 0.6) is 0 Å². The molecule has 2 rings (SSSR count). The van der Waals surface area contributed by atoms with E-state index in [2.05, 4.69) is 79.1 Å². The SMILES string of the molecule is CC[C@H](C)[C@H](NC(=O)CNC(=O)[C@H](Cc1c[nH]c2ccccc12)NC(=O)[C@@H](NC(=O)[C@@H](NC(=O)[C@@H](N)CC(C)C)[C@@H](C)O)C(C)C)C(=O)N[C@@H](CCCCN)C(=O)N[C@@H](CCC(N)=O)C(=O)N[C@@H](CC(C)C)C(=O)N[C@@H](CCC(N)=O)C(=O)N[C@@H](C)C(=O)N[C@@H](CCCN=C(N)N)C(=O)N[C@H](C(=O)N[C@@H](CC(C)C)C(=O)O)[C@@H](C)CC. The maximum absolute atomic E-state index is 14.6. The van der Waals surface area contributed by atoms with Crippen molar-refractivity contribution in [3.63, 3.8) is 0 Å². The maximum atomic E-state index is 14.6. The predicted octanol–water partition coefficient (Wildman–Crippen LogP) is -2.94. The first-order valence-electron chi connectivity index (χ1n) is 39.8. The first-order chi connectivity index (χ1) is 54.3. The summed E-state index contributed by atoms with van der Waals surface area (Å²) in [5.74, 6) is -17.3. The lowest BCUT2D eigenvalue weighted by Crippen LogP contribution is -2.61. The van der Waals surface area contributed by atoms with E-state index >= 15 is 0 Å². The van der Waals surface area contributed by atoms with Gasteiger partial charge in [-0.15, -0.1) is 0 Å². The number of carbonyl (C=O) groups is 16. The molecule has 15 amide bonds. The summed E-state index contributed by atoms with van der Waals surface area (Å²) >= 11 is 0. The Labute approximate surface area is 678 Å². The lowest BCUT2D eigenvalue weighted by Gasteiger charge is -2.29. The van der Waals surface area contributed by atoms with Crippen molar-refractivity contribution in [1.82, 2.24) is 74.1 Å². The van der Waals surface area contributed by atoms with E-state index in [1.54, 1.807) is 99.7 Å². The molecule has 0 bridgehead atoms. The molecule has 39 heteroatoms. The number of rotatable bonds is 55. The molecule has 0 aliphatic carbocycles. The summed E-state index contributed by atoms with van der Waals surface area (Å²) in [5, 5.41) is 54.6. The Balaban J connectivity index is 2.49. The second-order valence-corrected chi connectivity index (χ2v) is 31.3. The molecule has 0 aliphatic heterocycles. The summed E-state index contributed by atoms with van der Waals surface area (Å²) in [4.78, 5) is 228. The van der Waals surface area contributed by atoms with Crippen molar-refractivity contribution in [1.29, 1.82) is 0 Å². The van der Waals surface area contributed by atoms with Gasteiger partial charge in [-0.3, -0.25) is 76.9 Å². The van der Waals surface area contributed by atoms with Crippen molar-refractivity contribution in [2.45, 2.75) is 278 Å². The van der Waals surface area contributed by atoms with Crippen LogP contribution in [0, 0.1) is 35.5 Å². The Kier molecular flexibility index (Phi) is 45.0. The van der Waals surface area contributed by atoms with Gasteiger partial charge in [-0.25, -0.2) is 4.79 Å². The molecule has 1 heterocycles. The highest BCUT2D eigenvalue weighted by Crippen LogP contribution is 2.21. The number of aliphatic carboxylic acids is 1. The quantitative estimate of drug-likeness (QED) is 0.0179. The summed E-state index contributed by atoms with van der Waals surface area (Å²) < 4.78 is 0. The number of aromatic amines is 1. The van der Waals surface area contributed by atoms with Crippen molar-refractivity contribution < 1.29 is 86.9 Å². The molecule has 0 aliphatic rings. The zero-order valence-electron chi connectivity index (χ0n) is 69.5. The fourth-order valence-electron chi connectivity index (χ4n) is 12.3. The number of nitrogens with zero attached hydrogens (tertiary/aromatic N) is 1. The molecule has 1 aromatic heterocycles. The normalized spacial score (nSPS) is 15.5. The summed E-state index contributed by atoms with van der Waals surface area (Å²) in [7, 11) is 0. The van der Waals surface area contributed by atoms with Crippen molar-refractivity contribution in [2.24, 2.45) is 74.9 Å². The lowest BCUT2D eigenvalue weighted by atomic mass is 9.96. The molecule has 0 saturated heterocycles. The Hall–Kier alpha value is -10.6. The average molecular weight is 1640 g/mol. The van der Waals surface area contributed by atoms with E-state index in [9.17, 15) is 86.9 Å². The van der Waals surface area contributed by atoms with Crippen LogP contribution >= 0.6 is 0 Å². The average Bonchev–Trinajstić information content (AvgIpc) is 1.67. The smallest absolute Gasteiger partial charge is 0.326 e. The number of fused-ring (bicyclic) bond motifs is 1. The van der Waals surface area contributed by atoms with Crippen molar-refractivity contribution >= 4 is 111 Å². The Morgan fingerprint density at radius 1 is 0.448 bits per heavy atom. The second-order valence-electron chi connectivity index (χ2n) is 31.3. The van der Waals surface area contributed by atoms with Crippen LogP contribution in [0.1, 0.15) is 192 Å². The van der Waals surface area contributed by atoms with Gasteiger partial charge in [0.1, 0.15) is 72.5 Å². The number of primary amides is 2. The molecule has 652 valence electrons. The number of benzene rings is 1. The van der Waals surface area contributed by atoms with E-state index < -0.39 is 229 Å². The molecule has 16 atom stereocenters. The summed E-state index contributed by atoms with van der Waals surface area (Å²) in [6.45, 7) is 22.6. The van der Waals surface area contributed by atoms with Crippen LogP contribution in [0.3, 0.4) is 0 Å². The van der Waals surface area contributed by atoms with Gasteiger partial charge in [-0.05, 0) is 132 Å². The Bertz CT molecular complexity index is 3660. The van der Waals surface area contributed by atoms with Crippen LogP contribution in [-0.2, 0) is 83.1 Å². The molecular formula is C77H131N21O18. The summed E-state index contributed by atoms with van der Waals surface area (Å²) in [6.07, 6.45) is -0.462. The summed E-state index contributed by atoms with van der Waals surface area (Å²) in [5.41, 5.74) is 35.3. The van der Waals surface area contributed by atoms with E-state index in [1.165, 1.54) is 13.8 Å². The van der Waals surface area contributed by atoms with Crippen molar-refractivity contribution in [2.75, 3.05) is 19.6 Å². The van der Waals surface area contributed by atoms with E-state index in [-0.39, 0.29) is 94.6 Å². The van der Waals surface area contributed by atoms with Gasteiger partial charge < -0.3 is 119 Å². The van der Waals surface area contributed by atoms with Crippen LogP contribution in [0.2, 0.25) is 0 Å². The minimum Gasteiger partial charge on any atom is -0.480 e. The van der Waals surface area contributed by atoms with Gasteiger partial charge >= 0.3 is 5.97 Å². The number of H-pyrrole nitrogens is 1. The molecule has 28 N–H and O–H groups in total. The zero-order chi connectivity index (χ0) is 88.0. The number of aliphatic imine (C=N–C) groups is 1. The number of aliphatic hydroxyl groups is 1. The third-order valence-corrected chi connectivity index (χ3v) is 19.3. The number of carboxylic acids is 1. The number of hydrogen-bond donors (Lipinski definition) is 22. The molecule has 0 unspecified atom stereocenters. The fourth-order valence-corrected chi connectivity index (χ4v) is 12.3. The summed E-state index contributed by atoms with van der Waals surface area (Å²) in [6, 6.07) is -11.2. The maximum Gasteiger partial charge on any atom is 0.326 e. The molecule has 116 heavy (non-hydrogen) atoms. The number of guanidine groups is 1. The predicted molar refractivity (Wildman–Crippen MR) is 433 cm³/mol. The number of carboxylic acid groups (broad SMARTS) is 1. The van der Waals surface area contributed by atoms with Gasteiger partial charge in [0.05, 0.1) is 18.7 Å². The van der Waals surface area contributed by atoms with E-state index in [0.717, 1.165) is 0 Å². The number of nitrogens with one attached hydrogen (secondary N) is 14. The number of aliphatic hydroxyl groups excluding tert-OH is 1. The van der Waals surface area contributed by atoms with Gasteiger partial charge in [0.15, 0.2) is 5.96 Å². The van der Waals surface area contributed by atoms with Crippen LogP contribution < -0.4 is 104 Å². The highest BCUT2D eigenvalue weighted by atomic mass is 16.4. The minimum absolute atomic E-state index is 0.00394. The topological polar surface area (TPSA) is 654 Å². The number of unbranched alkanes of at least 4 members (excludes halogenated alkanes) is 1. The van der Waals surface area contributed by atoms with Gasteiger partial charge in [0.2, 0.25) is 88.6 Å². The van der Waals surface area contributed by atoms with Crippen molar-refractivity contribution in [3.05, 3.63) is 36.0 Å². The van der Waals surface area contributed by atoms with E-state index in [0.29, 0.717) is 29.3 Å². The molecule has 39 nitrogen and oxygen atoms in total. The number of nitrogens with two attached hydrogens (primary N) is 6. The Morgan fingerprint density at radius 2 is 0.871 bits per heavy atom. The molecule has 1 aromatic carbocycles. The van der Waals surface area contributed by atoms with Crippen LogP contribution in [0.25, 0.3) is 10.9 Å². The molecule has 0 saturated carbocycles. The van der Waals surface area contributed by atoms with Crippen LogP contribution in [0.4, 0.5) is 0 Å². The highest BCUT2D eigenvalue weighted by Gasteiger charge is 2.39. The third kappa shape index (κ3) is 36.5. The number of para-hydroxylation sites is 1. The van der Waals surface area contributed by atoms with Crippen LogP contribution in [-0.4, -0.2) is 220 Å². The van der Waals surface area contributed by atoms with Gasteiger partial charge in [-0.2, -0.15) is 0 Å². The monoisotopic (exact) mass is 1640 g/mol. The first kappa shape index (κ1) is 102. The molecule has 0 fully saturated rings. The molecule has 0 spiro atoms. The van der Waals surface area contributed by atoms with Crippen molar-refractivity contribution in [3.8, 4) is 0 Å². The fraction of sp³-hybridized carbons (Fsp3) is 0.675. The van der Waals surface area contributed by atoms with E-state index in [1.807, 2.05) is 13.8 Å². The molecular weight excluding hydrogens is 1510 g/mol. The number of carbonyl (C=O) groups excluding carboxylic acids is 15. The zero-order valence-corrected chi connectivity index (χ0v) is 69.5. The minimum atomic E-state index is -1.65. The van der Waals surface area contributed by atoms with Crippen LogP contribution in [0.15, 0.2) is 35.5 Å².